The lowest BCUT2D eigenvalue weighted by atomic mass is 10.2. The molecule has 29 heavy (non-hydrogen) atoms. The van der Waals surface area contributed by atoms with Gasteiger partial charge in [0.1, 0.15) is 18.2 Å². The van der Waals surface area contributed by atoms with E-state index in [1.807, 2.05) is 11.9 Å². The van der Waals surface area contributed by atoms with E-state index in [-0.39, 0.29) is 18.2 Å². The summed E-state index contributed by atoms with van der Waals surface area (Å²) >= 11 is 0. The van der Waals surface area contributed by atoms with Crippen LogP contribution in [0.4, 0.5) is 25.0 Å². The molecule has 0 saturated heterocycles. The second kappa shape index (κ2) is 11.1. The van der Waals surface area contributed by atoms with E-state index in [4.69, 9.17) is 4.74 Å². The Kier molecular flexibility index (Phi) is 8.50. The third-order valence-corrected chi connectivity index (χ3v) is 3.92. The lowest BCUT2D eigenvalue weighted by Crippen LogP contribution is -2.34. The first-order valence-corrected chi connectivity index (χ1v) is 8.93. The summed E-state index contributed by atoms with van der Waals surface area (Å²) in [5.41, 5.74) is 1.20. The lowest BCUT2D eigenvalue weighted by Gasteiger charge is -2.18. The van der Waals surface area contributed by atoms with Crippen molar-refractivity contribution in [2.24, 2.45) is 0 Å². The second-order valence-electron chi connectivity index (χ2n) is 6.42. The number of nitrogens with one attached hydrogen (secondary N) is 3. The summed E-state index contributed by atoms with van der Waals surface area (Å²) in [5.74, 6) is -1.18. The quantitative estimate of drug-likeness (QED) is 0.598. The van der Waals surface area contributed by atoms with Crippen LogP contribution in [0, 0.1) is 11.6 Å². The predicted molar refractivity (Wildman–Crippen MR) is 107 cm³/mol. The van der Waals surface area contributed by atoms with E-state index < -0.39 is 17.7 Å². The van der Waals surface area contributed by atoms with Crippen LogP contribution in [0.5, 0.6) is 0 Å². The number of urea groups is 1. The number of carbonyl (C=O) groups excluding carboxylic acids is 2. The smallest absolute Gasteiger partial charge is 0.323 e. The van der Waals surface area contributed by atoms with Gasteiger partial charge in [-0.25, -0.2) is 13.6 Å². The fourth-order valence-electron chi connectivity index (χ4n) is 2.54. The number of amides is 3. The molecule has 0 radical (unpaired) electrons. The number of hydrogen-bond donors (Lipinski definition) is 3. The molecule has 0 saturated carbocycles. The van der Waals surface area contributed by atoms with Gasteiger partial charge in [-0.05, 0) is 49.0 Å². The lowest BCUT2D eigenvalue weighted by molar-refractivity contribution is -0.124. The molecule has 0 atom stereocenters. The molecule has 156 valence electrons. The highest BCUT2D eigenvalue weighted by Gasteiger charge is 2.10. The van der Waals surface area contributed by atoms with Crippen LogP contribution in [0.15, 0.2) is 42.5 Å². The number of ether oxygens (including phenoxy) is 1. The molecule has 0 spiro atoms. The fourth-order valence-corrected chi connectivity index (χ4v) is 2.54. The molecule has 3 amide bonds. The summed E-state index contributed by atoms with van der Waals surface area (Å²) in [4.78, 5) is 25.4. The Balaban J connectivity index is 1.88. The second-order valence-corrected chi connectivity index (χ2v) is 6.42. The van der Waals surface area contributed by atoms with Crippen LogP contribution < -0.4 is 16.0 Å². The Hall–Kier alpha value is -3.04. The van der Waals surface area contributed by atoms with Crippen molar-refractivity contribution in [3.63, 3.8) is 0 Å². The number of methoxy groups -OCH3 is 1. The number of carbonyl (C=O) groups is 2. The third kappa shape index (κ3) is 7.84. The summed E-state index contributed by atoms with van der Waals surface area (Å²) in [6.07, 6.45) is 0. The minimum atomic E-state index is -0.637. The first kappa shape index (κ1) is 22.3. The third-order valence-electron chi connectivity index (χ3n) is 3.92. The summed E-state index contributed by atoms with van der Waals surface area (Å²) in [6, 6.07) is 9.04. The average Bonchev–Trinajstić information content (AvgIpc) is 2.66. The van der Waals surface area contributed by atoms with E-state index in [0.717, 1.165) is 5.56 Å². The van der Waals surface area contributed by atoms with Gasteiger partial charge in [-0.1, -0.05) is 6.07 Å². The highest BCUT2D eigenvalue weighted by Crippen LogP contribution is 2.18. The zero-order valence-corrected chi connectivity index (χ0v) is 16.3. The van der Waals surface area contributed by atoms with Crippen molar-refractivity contribution < 1.29 is 23.1 Å². The van der Waals surface area contributed by atoms with Crippen molar-refractivity contribution in [1.29, 1.82) is 0 Å². The van der Waals surface area contributed by atoms with Crippen LogP contribution in [-0.2, 0) is 16.1 Å². The molecule has 0 aliphatic rings. The molecule has 0 aliphatic carbocycles. The number of anilines is 2. The number of hydrogen-bond acceptors (Lipinski definition) is 4. The summed E-state index contributed by atoms with van der Waals surface area (Å²) in [6.45, 7) is 1.54. The average molecular weight is 406 g/mol. The van der Waals surface area contributed by atoms with Gasteiger partial charge in [0.25, 0.3) is 0 Å². The number of benzene rings is 2. The van der Waals surface area contributed by atoms with Gasteiger partial charge < -0.3 is 25.6 Å². The highest BCUT2D eigenvalue weighted by molar-refractivity contribution is 5.99. The van der Waals surface area contributed by atoms with E-state index >= 15 is 0 Å². The minimum absolute atomic E-state index is 0.0106. The Morgan fingerprint density at radius 1 is 1.07 bits per heavy atom. The van der Waals surface area contributed by atoms with E-state index in [1.165, 1.54) is 37.4 Å². The number of halogens is 2. The monoisotopic (exact) mass is 406 g/mol. The van der Waals surface area contributed by atoms with Crippen molar-refractivity contribution in [3.05, 3.63) is 59.7 Å². The van der Waals surface area contributed by atoms with E-state index in [9.17, 15) is 18.4 Å². The summed E-state index contributed by atoms with van der Waals surface area (Å²) < 4.78 is 31.7. The molecule has 2 aromatic rings. The van der Waals surface area contributed by atoms with Crippen molar-refractivity contribution in [2.45, 2.75) is 6.54 Å². The standard InChI is InChI=1S/C20H24F2N4O3/c1-26(10-9-23-19(27)13-29-2)12-14-3-8-17(22)18(11-14)25-20(28)24-16-6-4-15(21)5-7-16/h3-8,11H,9-10,12-13H2,1-2H3,(H,23,27)(H2,24,25,28). The van der Waals surface area contributed by atoms with Gasteiger partial charge in [0.05, 0.1) is 5.69 Å². The van der Waals surface area contributed by atoms with E-state index in [2.05, 4.69) is 16.0 Å². The van der Waals surface area contributed by atoms with Crippen molar-refractivity contribution in [2.75, 3.05) is 44.5 Å². The van der Waals surface area contributed by atoms with Gasteiger partial charge in [0.2, 0.25) is 5.91 Å². The number of likely N-dealkylation sites (N-methyl/N-ethyl adjacent to an activating group) is 1. The highest BCUT2D eigenvalue weighted by atomic mass is 19.1. The van der Waals surface area contributed by atoms with Crippen LogP contribution in [0.25, 0.3) is 0 Å². The Morgan fingerprint density at radius 2 is 1.79 bits per heavy atom. The normalized spacial score (nSPS) is 10.7. The van der Waals surface area contributed by atoms with Crippen LogP contribution in [0.1, 0.15) is 5.56 Å². The molecule has 7 nitrogen and oxygen atoms in total. The zero-order valence-electron chi connectivity index (χ0n) is 16.3. The van der Waals surface area contributed by atoms with Gasteiger partial charge in [-0.3, -0.25) is 4.79 Å². The molecule has 2 rings (SSSR count). The Bertz CT molecular complexity index is 831. The maximum atomic E-state index is 14.1. The Labute approximate surface area is 168 Å². The molecular weight excluding hydrogens is 382 g/mol. The van der Waals surface area contributed by atoms with Crippen LogP contribution in [0.3, 0.4) is 0 Å². The summed E-state index contributed by atoms with van der Waals surface area (Å²) in [5, 5.41) is 7.68. The number of rotatable bonds is 9. The molecular formula is C20H24F2N4O3. The predicted octanol–water partition coefficient (Wildman–Crippen LogP) is 2.80. The molecule has 0 aromatic heterocycles. The molecule has 0 aliphatic heterocycles. The van der Waals surface area contributed by atoms with Crippen LogP contribution >= 0.6 is 0 Å². The van der Waals surface area contributed by atoms with Gasteiger partial charge in [-0.2, -0.15) is 0 Å². The molecule has 0 unspecified atom stereocenters. The first-order valence-electron chi connectivity index (χ1n) is 8.93. The topological polar surface area (TPSA) is 82.7 Å². The first-order chi connectivity index (χ1) is 13.9. The van der Waals surface area contributed by atoms with Gasteiger partial charge in [-0.15, -0.1) is 0 Å². The number of nitrogens with zero attached hydrogens (tertiary/aromatic N) is 1. The van der Waals surface area contributed by atoms with Crippen molar-refractivity contribution >= 4 is 23.3 Å². The van der Waals surface area contributed by atoms with Crippen LogP contribution in [0.2, 0.25) is 0 Å². The maximum Gasteiger partial charge on any atom is 0.323 e. The van der Waals surface area contributed by atoms with Crippen LogP contribution in [-0.4, -0.2) is 50.7 Å². The zero-order chi connectivity index (χ0) is 21.2. The summed E-state index contributed by atoms with van der Waals surface area (Å²) in [7, 11) is 3.31. The molecule has 0 fully saturated rings. The fraction of sp³-hybridized carbons (Fsp3) is 0.300. The van der Waals surface area contributed by atoms with Crippen molar-refractivity contribution in [3.8, 4) is 0 Å². The van der Waals surface area contributed by atoms with E-state index in [0.29, 0.717) is 25.3 Å². The largest absolute Gasteiger partial charge is 0.375 e. The van der Waals surface area contributed by atoms with Gasteiger partial charge >= 0.3 is 6.03 Å². The molecule has 0 bridgehead atoms. The van der Waals surface area contributed by atoms with Gasteiger partial charge in [0, 0.05) is 32.4 Å². The van der Waals surface area contributed by atoms with E-state index in [1.54, 1.807) is 12.1 Å². The maximum absolute atomic E-state index is 14.1. The van der Waals surface area contributed by atoms with Crippen molar-refractivity contribution in [1.82, 2.24) is 10.2 Å². The van der Waals surface area contributed by atoms with Gasteiger partial charge in [0.15, 0.2) is 0 Å². The molecule has 0 heterocycles. The molecule has 9 heteroatoms. The SMILES string of the molecule is COCC(=O)NCCN(C)Cc1ccc(F)c(NC(=O)Nc2ccc(F)cc2)c1. The minimum Gasteiger partial charge on any atom is -0.375 e. The molecule has 3 N–H and O–H groups in total. The Morgan fingerprint density at radius 3 is 2.48 bits per heavy atom. The molecule has 2 aromatic carbocycles.